The molecule has 3 heterocycles. The molecule has 5 nitrogen and oxygen atoms in total. The first kappa shape index (κ1) is 17.6. The van der Waals surface area contributed by atoms with Crippen LogP contribution in [0.3, 0.4) is 0 Å². The van der Waals surface area contributed by atoms with Crippen LogP contribution in [-0.2, 0) is 4.79 Å². The van der Waals surface area contributed by atoms with Crippen LogP contribution in [0.4, 0.5) is 5.69 Å². The lowest BCUT2D eigenvalue weighted by atomic mass is 9.99. The number of para-hydroxylation sites is 1. The lowest BCUT2D eigenvalue weighted by molar-refractivity contribution is -0.114. The predicted octanol–water partition coefficient (Wildman–Crippen LogP) is 4.76. The molecule has 1 aromatic carbocycles. The Balaban J connectivity index is 1.75. The number of thiophene rings is 2. The Bertz CT molecular complexity index is 994. The Kier molecular flexibility index (Phi) is 4.87. The van der Waals surface area contributed by atoms with Crippen LogP contribution in [0.5, 0.6) is 0 Å². The van der Waals surface area contributed by atoms with E-state index in [-0.39, 0.29) is 17.9 Å². The molecule has 1 aliphatic rings. The van der Waals surface area contributed by atoms with Crippen LogP contribution >= 0.6 is 22.7 Å². The number of hydrogen-bond donors (Lipinski definition) is 1. The van der Waals surface area contributed by atoms with Crippen molar-refractivity contribution in [3.63, 3.8) is 0 Å². The second-order valence-electron chi connectivity index (χ2n) is 6.14. The SMILES string of the molecule is CC(=O)Nc1ccccc1C1CC(c2cccs2)=NN1C(=O)c1cccs1. The number of nitrogens with zero attached hydrogens (tertiary/aromatic N) is 2. The summed E-state index contributed by atoms with van der Waals surface area (Å²) in [5.74, 6) is -0.268. The van der Waals surface area contributed by atoms with Crippen molar-refractivity contribution < 1.29 is 9.59 Å². The van der Waals surface area contributed by atoms with E-state index in [2.05, 4.69) is 10.4 Å². The number of carbonyl (C=O) groups excluding carboxylic acids is 2. The molecule has 1 N–H and O–H groups in total. The first-order valence-electron chi connectivity index (χ1n) is 8.48. The smallest absolute Gasteiger partial charge is 0.284 e. The van der Waals surface area contributed by atoms with Crippen molar-refractivity contribution in [2.75, 3.05) is 5.32 Å². The zero-order valence-corrected chi connectivity index (χ0v) is 16.2. The Hall–Kier alpha value is -2.77. The van der Waals surface area contributed by atoms with E-state index in [1.54, 1.807) is 16.3 Å². The average molecular weight is 396 g/mol. The van der Waals surface area contributed by atoms with Crippen LogP contribution in [0.25, 0.3) is 0 Å². The Morgan fingerprint density at radius 3 is 2.56 bits per heavy atom. The van der Waals surface area contributed by atoms with Crippen LogP contribution in [0.15, 0.2) is 64.4 Å². The summed E-state index contributed by atoms with van der Waals surface area (Å²) in [5.41, 5.74) is 2.48. The Morgan fingerprint density at radius 1 is 1.07 bits per heavy atom. The third-order valence-corrected chi connectivity index (χ3v) is 6.06. The highest BCUT2D eigenvalue weighted by Gasteiger charge is 2.35. The van der Waals surface area contributed by atoms with E-state index in [9.17, 15) is 9.59 Å². The van der Waals surface area contributed by atoms with Crippen LogP contribution in [0, 0.1) is 0 Å². The molecule has 136 valence electrons. The molecule has 0 saturated heterocycles. The molecule has 0 fully saturated rings. The fourth-order valence-corrected chi connectivity index (χ4v) is 4.51. The summed E-state index contributed by atoms with van der Waals surface area (Å²) in [6.07, 6.45) is 0.605. The number of benzene rings is 1. The minimum atomic E-state index is -0.264. The second kappa shape index (κ2) is 7.46. The number of rotatable bonds is 4. The standard InChI is InChI=1S/C20H17N3O2S2/c1-13(24)21-15-7-3-2-6-14(15)17-12-16(18-8-4-10-26-18)22-23(17)20(25)19-9-5-11-27-19/h2-11,17H,12H2,1H3,(H,21,24). The van der Waals surface area contributed by atoms with E-state index in [0.29, 0.717) is 17.0 Å². The highest BCUT2D eigenvalue weighted by Crippen LogP contribution is 2.38. The molecule has 4 rings (SSSR count). The first-order chi connectivity index (χ1) is 13.1. The van der Waals surface area contributed by atoms with E-state index in [4.69, 9.17) is 0 Å². The number of nitrogens with one attached hydrogen (secondary N) is 1. The fourth-order valence-electron chi connectivity index (χ4n) is 3.14. The van der Waals surface area contributed by atoms with Gasteiger partial charge in [0.25, 0.3) is 5.91 Å². The molecule has 1 unspecified atom stereocenters. The number of carbonyl (C=O) groups is 2. The molecule has 2 aromatic heterocycles. The van der Waals surface area contributed by atoms with Crippen LogP contribution in [-0.4, -0.2) is 22.5 Å². The van der Waals surface area contributed by atoms with Crippen molar-refractivity contribution >= 4 is 45.9 Å². The van der Waals surface area contributed by atoms with Crippen LogP contribution < -0.4 is 5.32 Å². The number of hydrazone groups is 1. The van der Waals surface area contributed by atoms with Crippen molar-refractivity contribution in [1.29, 1.82) is 0 Å². The molecule has 1 atom stereocenters. The van der Waals surface area contributed by atoms with Gasteiger partial charge in [0.15, 0.2) is 0 Å². The van der Waals surface area contributed by atoms with Gasteiger partial charge in [0.05, 0.1) is 21.5 Å². The molecule has 3 aromatic rings. The molecular formula is C20H17N3O2S2. The quantitative estimate of drug-likeness (QED) is 0.692. The second-order valence-corrected chi connectivity index (χ2v) is 8.03. The van der Waals surface area contributed by atoms with Gasteiger partial charge in [-0.25, -0.2) is 5.01 Å². The van der Waals surface area contributed by atoms with Crippen LogP contribution in [0.2, 0.25) is 0 Å². The highest BCUT2D eigenvalue weighted by atomic mass is 32.1. The van der Waals surface area contributed by atoms with Gasteiger partial charge in [-0.05, 0) is 29.0 Å². The highest BCUT2D eigenvalue weighted by molar-refractivity contribution is 7.12. The third-order valence-electron chi connectivity index (χ3n) is 4.29. The van der Waals surface area contributed by atoms with E-state index in [1.165, 1.54) is 18.3 Å². The maximum atomic E-state index is 13.1. The number of amides is 2. The predicted molar refractivity (Wildman–Crippen MR) is 109 cm³/mol. The molecule has 0 saturated carbocycles. The maximum Gasteiger partial charge on any atom is 0.284 e. The summed E-state index contributed by atoms with van der Waals surface area (Å²) in [6, 6.07) is 15.0. The van der Waals surface area contributed by atoms with Crippen molar-refractivity contribution in [2.45, 2.75) is 19.4 Å². The van der Waals surface area contributed by atoms with Crippen molar-refractivity contribution in [3.05, 3.63) is 74.6 Å². The minimum Gasteiger partial charge on any atom is -0.326 e. The van der Waals surface area contributed by atoms with Crippen molar-refractivity contribution in [3.8, 4) is 0 Å². The first-order valence-corrected chi connectivity index (χ1v) is 10.2. The minimum absolute atomic E-state index is 0.126. The average Bonchev–Trinajstić information content (AvgIpc) is 3.41. The third kappa shape index (κ3) is 3.56. The molecule has 1 aliphatic heterocycles. The van der Waals surface area contributed by atoms with Gasteiger partial charge in [0.2, 0.25) is 5.91 Å². The van der Waals surface area contributed by atoms with E-state index >= 15 is 0 Å². The van der Waals surface area contributed by atoms with E-state index in [0.717, 1.165) is 16.2 Å². The van der Waals surface area contributed by atoms with Gasteiger partial charge < -0.3 is 5.32 Å². The fraction of sp³-hybridized carbons (Fsp3) is 0.150. The molecular weight excluding hydrogens is 378 g/mol. The summed E-state index contributed by atoms with van der Waals surface area (Å²) < 4.78 is 0. The summed E-state index contributed by atoms with van der Waals surface area (Å²) in [5, 5.41) is 13.0. The Morgan fingerprint density at radius 2 is 1.85 bits per heavy atom. The summed E-state index contributed by atoms with van der Waals surface area (Å²) in [7, 11) is 0. The molecule has 7 heteroatoms. The number of anilines is 1. The zero-order chi connectivity index (χ0) is 18.8. The largest absolute Gasteiger partial charge is 0.326 e. The van der Waals surface area contributed by atoms with E-state index in [1.807, 2.05) is 59.3 Å². The summed E-state index contributed by atoms with van der Waals surface area (Å²) in [6.45, 7) is 1.48. The molecule has 0 bridgehead atoms. The zero-order valence-electron chi connectivity index (χ0n) is 14.6. The summed E-state index contributed by atoms with van der Waals surface area (Å²) in [4.78, 5) is 26.4. The molecule has 0 spiro atoms. The van der Waals surface area contributed by atoms with Gasteiger partial charge in [-0.2, -0.15) is 5.10 Å². The molecule has 0 aliphatic carbocycles. The van der Waals surface area contributed by atoms with Gasteiger partial charge in [-0.1, -0.05) is 30.3 Å². The topological polar surface area (TPSA) is 61.8 Å². The Labute approximate surface area is 165 Å². The molecule has 27 heavy (non-hydrogen) atoms. The maximum absolute atomic E-state index is 13.1. The normalized spacial score (nSPS) is 16.3. The van der Waals surface area contributed by atoms with Gasteiger partial charge in [0.1, 0.15) is 0 Å². The van der Waals surface area contributed by atoms with Gasteiger partial charge >= 0.3 is 0 Å². The van der Waals surface area contributed by atoms with Gasteiger partial charge in [-0.15, -0.1) is 22.7 Å². The van der Waals surface area contributed by atoms with Crippen molar-refractivity contribution in [2.24, 2.45) is 5.10 Å². The van der Waals surface area contributed by atoms with E-state index < -0.39 is 0 Å². The summed E-state index contributed by atoms with van der Waals surface area (Å²) >= 11 is 3.01. The van der Waals surface area contributed by atoms with Crippen LogP contribution in [0.1, 0.15) is 39.5 Å². The lowest BCUT2D eigenvalue weighted by Crippen LogP contribution is -2.27. The molecule has 2 amide bonds. The number of hydrogen-bond acceptors (Lipinski definition) is 5. The van der Waals surface area contributed by atoms with Crippen molar-refractivity contribution in [1.82, 2.24) is 5.01 Å². The lowest BCUT2D eigenvalue weighted by Gasteiger charge is -2.23. The van der Waals surface area contributed by atoms with Gasteiger partial charge in [0, 0.05) is 24.6 Å². The monoisotopic (exact) mass is 395 g/mol. The van der Waals surface area contributed by atoms with Gasteiger partial charge in [-0.3, -0.25) is 9.59 Å². The molecule has 0 radical (unpaired) electrons.